The van der Waals surface area contributed by atoms with Gasteiger partial charge in [-0.25, -0.2) is 13.4 Å². The number of benzene rings is 5. The fraction of sp³-hybridized carbons (Fsp3) is 0.175. The number of aromatic nitrogens is 2. The third-order valence-corrected chi connectivity index (χ3v) is 10.5. The molecular formula is C40H39N3O6S. The molecule has 0 saturated heterocycles. The molecule has 0 unspecified atom stereocenters. The summed E-state index contributed by atoms with van der Waals surface area (Å²) in [6.45, 7) is -0.0303. The molecule has 0 amide bonds. The van der Waals surface area contributed by atoms with Crippen LogP contribution < -0.4 is 18.9 Å². The zero-order valence-corrected chi connectivity index (χ0v) is 29.2. The summed E-state index contributed by atoms with van der Waals surface area (Å²) in [5.74, 6) is 2.17. The fourth-order valence-corrected chi connectivity index (χ4v) is 7.62. The average Bonchev–Trinajstić information content (AvgIpc) is 3.68. The fourth-order valence-electron chi connectivity index (χ4n) is 6.31. The second kappa shape index (κ2) is 14.9. The Morgan fingerprint density at radius 3 is 1.40 bits per heavy atom. The average molecular weight is 690 g/mol. The first-order valence-electron chi connectivity index (χ1n) is 16.0. The number of hydrogen-bond donors (Lipinski definition) is 0. The molecular weight excluding hydrogens is 651 g/mol. The maximum atomic E-state index is 14.9. The predicted molar refractivity (Wildman–Crippen MR) is 192 cm³/mol. The summed E-state index contributed by atoms with van der Waals surface area (Å²) in [5.41, 5.74) is 3.20. The van der Waals surface area contributed by atoms with Crippen molar-refractivity contribution in [3.8, 4) is 23.0 Å². The van der Waals surface area contributed by atoms with Crippen LogP contribution >= 0.6 is 0 Å². The van der Waals surface area contributed by atoms with Crippen LogP contribution in [0.1, 0.15) is 27.8 Å². The van der Waals surface area contributed by atoms with Crippen molar-refractivity contribution in [3.63, 3.8) is 0 Å². The molecule has 0 saturated carbocycles. The van der Waals surface area contributed by atoms with Crippen LogP contribution in [0.5, 0.6) is 23.0 Å². The Kier molecular flexibility index (Phi) is 10.2. The first-order valence-corrected chi connectivity index (χ1v) is 17.4. The van der Waals surface area contributed by atoms with Gasteiger partial charge in [-0.15, -0.1) is 0 Å². The molecule has 1 heterocycles. The summed E-state index contributed by atoms with van der Waals surface area (Å²) in [6.07, 6.45) is 3.21. The van der Waals surface area contributed by atoms with Crippen molar-refractivity contribution in [1.82, 2.24) is 13.9 Å². The third-order valence-electron chi connectivity index (χ3n) is 8.81. The van der Waals surface area contributed by atoms with Crippen molar-refractivity contribution < 1.29 is 27.4 Å². The van der Waals surface area contributed by atoms with Gasteiger partial charge in [0.15, 0.2) is 5.03 Å². The van der Waals surface area contributed by atoms with Gasteiger partial charge in [-0.1, -0.05) is 103 Å². The van der Waals surface area contributed by atoms with Crippen molar-refractivity contribution in [2.75, 3.05) is 28.4 Å². The number of imidazole rings is 1. The van der Waals surface area contributed by atoms with Crippen LogP contribution in [0.25, 0.3) is 0 Å². The van der Waals surface area contributed by atoms with Gasteiger partial charge in [0, 0.05) is 42.5 Å². The van der Waals surface area contributed by atoms with Crippen molar-refractivity contribution in [3.05, 3.63) is 168 Å². The molecule has 0 atom stereocenters. The minimum absolute atomic E-state index is 0.0151. The molecule has 0 bridgehead atoms. The van der Waals surface area contributed by atoms with E-state index < -0.39 is 15.6 Å². The Labute approximate surface area is 293 Å². The quantitative estimate of drug-likeness (QED) is 0.112. The number of rotatable bonds is 14. The maximum absolute atomic E-state index is 14.9. The molecule has 1 aromatic heterocycles. The van der Waals surface area contributed by atoms with E-state index in [4.69, 9.17) is 18.9 Å². The van der Waals surface area contributed by atoms with Crippen LogP contribution in [0.4, 0.5) is 0 Å². The number of methoxy groups -OCH3 is 4. The largest absolute Gasteiger partial charge is 0.497 e. The van der Waals surface area contributed by atoms with E-state index in [1.54, 1.807) is 77.4 Å². The standard InChI is InChI=1S/C40H39N3O6S/c1-46-35-22-20-30(37(24-35)48-3)26-43(27-31-21-23-36(47-2)25-38(31)49-4)50(44,45)39-28-42(29-41-39)40(32-14-8-5-9-15-32,33-16-10-6-11-17-33)34-18-12-7-13-19-34/h5-25,28-29H,26-27H2,1-4H3. The summed E-state index contributed by atoms with van der Waals surface area (Å²) in [4.78, 5) is 4.61. The van der Waals surface area contributed by atoms with Crippen LogP contribution in [-0.2, 0) is 28.7 Å². The Hall–Kier alpha value is -5.58. The van der Waals surface area contributed by atoms with Gasteiger partial charge < -0.3 is 23.5 Å². The van der Waals surface area contributed by atoms with E-state index >= 15 is 0 Å². The van der Waals surface area contributed by atoms with Gasteiger partial charge in [-0.05, 0) is 28.8 Å². The molecule has 6 rings (SSSR count). The van der Waals surface area contributed by atoms with E-state index in [9.17, 15) is 8.42 Å². The maximum Gasteiger partial charge on any atom is 0.262 e. The van der Waals surface area contributed by atoms with Crippen LogP contribution in [0.15, 0.2) is 145 Å². The van der Waals surface area contributed by atoms with Gasteiger partial charge in [0.25, 0.3) is 10.0 Å². The molecule has 0 fully saturated rings. The first-order chi connectivity index (χ1) is 24.3. The monoisotopic (exact) mass is 689 g/mol. The number of nitrogens with zero attached hydrogens (tertiary/aromatic N) is 3. The molecule has 6 aromatic rings. The van der Waals surface area contributed by atoms with Crippen LogP contribution in [0, 0.1) is 0 Å². The molecule has 0 N–H and O–H groups in total. The zero-order chi connectivity index (χ0) is 35.1. The van der Waals surface area contributed by atoms with Crippen LogP contribution in [0.3, 0.4) is 0 Å². The summed E-state index contributed by atoms with van der Waals surface area (Å²) in [5, 5.41) is -0.107. The highest BCUT2D eigenvalue weighted by Crippen LogP contribution is 2.41. The summed E-state index contributed by atoms with van der Waals surface area (Å²) >= 11 is 0. The second-order valence-corrected chi connectivity index (χ2v) is 13.4. The highest BCUT2D eigenvalue weighted by atomic mass is 32.2. The molecule has 0 aliphatic rings. The van der Waals surface area contributed by atoms with Gasteiger partial charge >= 0.3 is 0 Å². The molecule has 9 nitrogen and oxygen atoms in total. The number of sulfonamides is 1. The molecule has 256 valence electrons. The van der Waals surface area contributed by atoms with E-state index in [0.717, 1.165) is 16.7 Å². The SMILES string of the molecule is COc1ccc(CN(Cc2ccc(OC)cc2OC)S(=O)(=O)c2cn(C(c3ccccc3)(c3ccccc3)c3ccccc3)cn2)c(OC)c1. The highest BCUT2D eigenvalue weighted by Gasteiger charge is 2.40. The van der Waals surface area contributed by atoms with Gasteiger partial charge in [0.05, 0.1) is 34.8 Å². The number of hydrogen-bond acceptors (Lipinski definition) is 7. The minimum Gasteiger partial charge on any atom is -0.497 e. The summed E-state index contributed by atoms with van der Waals surface area (Å²) in [7, 11) is 1.98. The zero-order valence-electron chi connectivity index (χ0n) is 28.4. The molecule has 0 aliphatic heterocycles. The first kappa shape index (κ1) is 34.3. The Bertz CT molecular complexity index is 1980. The van der Waals surface area contributed by atoms with E-state index in [1.165, 1.54) is 4.31 Å². The van der Waals surface area contributed by atoms with E-state index in [1.807, 2.05) is 95.6 Å². The lowest BCUT2D eigenvalue weighted by Gasteiger charge is -2.37. The van der Waals surface area contributed by atoms with Gasteiger partial charge in [0.2, 0.25) is 0 Å². The van der Waals surface area contributed by atoms with Crippen molar-refractivity contribution in [2.24, 2.45) is 0 Å². The molecule has 5 aromatic carbocycles. The normalized spacial score (nSPS) is 11.7. The molecule has 0 aliphatic carbocycles. The summed E-state index contributed by atoms with van der Waals surface area (Å²) in [6, 6.07) is 40.7. The van der Waals surface area contributed by atoms with E-state index in [-0.39, 0.29) is 18.1 Å². The predicted octanol–water partition coefficient (Wildman–Crippen LogP) is 7.15. The van der Waals surface area contributed by atoms with Crippen LogP contribution in [0.2, 0.25) is 0 Å². The van der Waals surface area contributed by atoms with Crippen molar-refractivity contribution in [2.45, 2.75) is 23.7 Å². The van der Waals surface area contributed by atoms with Crippen LogP contribution in [-0.4, -0.2) is 50.7 Å². The number of ether oxygens (including phenoxy) is 4. The Morgan fingerprint density at radius 2 is 1.02 bits per heavy atom. The van der Waals surface area contributed by atoms with Crippen molar-refractivity contribution in [1.29, 1.82) is 0 Å². The minimum atomic E-state index is -4.24. The van der Waals surface area contributed by atoms with E-state index in [0.29, 0.717) is 34.1 Å². The lowest BCUT2D eigenvalue weighted by molar-refractivity contribution is 0.357. The molecule has 0 spiro atoms. The Balaban J connectivity index is 1.51. The van der Waals surface area contributed by atoms with Gasteiger partial charge in [0.1, 0.15) is 28.5 Å². The summed E-state index contributed by atoms with van der Waals surface area (Å²) < 4.78 is 55.1. The molecule has 0 radical (unpaired) electrons. The smallest absolute Gasteiger partial charge is 0.262 e. The topological polar surface area (TPSA) is 92.1 Å². The molecule has 50 heavy (non-hydrogen) atoms. The Morgan fingerprint density at radius 1 is 0.600 bits per heavy atom. The molecule has 10 heteroatoms. The third kappa shape index (κ3) is 6.55. The second-order valence-electron chi connectivity index (χ2n) is 11.6. The lowest BCUT2D eigenvalue weighted by atomic mass is 9.77. The van der Waals surface area contributed by atoms with Gasteiger partial charge in [-0.2, -0.15) is 4.31 Å². The van der Waals surface area contributed by atoms with Crippen molar-refractivity contribution >= 4 is 10.0 Å². The van der Waals surface area contributed by atoms with E-state index in [2.05, 4.69) is 4.98 Å². The highest BCUT2D eigenvalue weighted by molar-refractivity contribution is 7.89. The lowest BCUT2D eigenvalue weighted by Crippen LogP contribution is -2.37. The van der Waals surface area contributed by atoms with Gasteiger partial charge in [-0.3, -0.25) is 0 Å².